The number of furan rings is 1. The molecule has 2 amide bonds. The van der Waals surface area contributed by atoms with E-state index < -0.39 is 23.6 Å². The number of amides is 2. The Hall–Kier alpha value is -3.33. The molecule has 1 aromatic heterocycles. The van der Waals surface area contributed by atoms with Crippen LogP contribution in [0.4, 0.5) is 0 Å². The van der Waals surface area contributed by atoms with Crippen molar-refractivity contribution in [3.8, 4) is 5.75 Å². The molecule has 1 aromatic carbocycles. The summed E-state index contributed by atoms with van der Waals surface area (Å²) in [5.74, 6) is -0.946. The molecule has 4 rings (SSSR count). The molecule has 9 nitrogen and oxygen atoms in total. The Kier molecular flexibility index (Phi) is 5.21. The first-order chi connectivity index (χ1) is 14.4. The van der Waals surface area contributed by atoms with E-state index in [-0.39, 0.29) is 18.3 Å². The number of nitrogens with zero attached hydrogens (tertiary/aromatic N) is 2. The summed E-state index contributed by atoms with van der Waals surface area (Å²) >= 11 is 0. The number of carboxylic acids is 1. The number of carboxylic acid groups (broad SMARTS) is 1. The fourth-order valence-electron chi connectivity index (χ4n) is 4.04. The maximum Gasteiger partial charge on any atom is 0.328 e. The first kappa shape index (κ1) is 20.0. The first-order valence-electron chi connectivity index (χ1n) is 9.62. The Balaban J connectivity index is 1.56. The van der Waals surface area contributed by atoms with E-state index in [1.807, 2.05) is 0 Å². The van der Waals surface area contributed by atoms with E-state index in [0.717, 1.165) is 0 Å². The molecular weight excluding hydrogens is 392 g/mol. The van der Waals surface area contributed by atoms with Crippen molar-refractivity contribution >= 4 is 17.8 Å². The van der Waals surface area contributed by atoms with Crippen LogP contribution in [0.2, 0.25) is 0 Å². The highest BCUT2D eigenvalue weighted by Crippen LogP contribution is 2.39. The van der Waals surface area contributed by atoms with Crippen LogP contribution in [0.25, 0.3) is 0 Å². The van der Waals surface area contributed by atoms with E-state index in [4.69, 9.17) is 13.9 Å². The van der Waals surface area contributed by atoms with Crippen LogP contribution in [0, 0.1) is 0 Å². The summed E-state index contributed by atoms with van der Waals surface area (Å²) in [6, 6.07) is 8.65. The molecule has 1 atom stereocenters. The zero-order chi connectivity index (χ0) is 21.3. The molecule has 0 radical (unpaired) electrons. The van der Waals surface area contributed by atoms with Crippen molar-refractivity contribution in [3.05, 3.63) is 54.0 Å². The number of piperidine rings is 1. The van der Waals surface area contributed by atoms with Crippen molar-refractivity contribution in [3.63, 3.8) is 0 Å². The average molecular weight is 414 g/mol. The number of rotatable bonds is 4. The van der Waals surface area contributed by atoms with E-state index in [1.54, 1.807) is 41.3 Å². The van der Waals surface area contributed by atoms with Gasteiger partial charge in [0.2, 0.25) is 0 Å². The lowest BCUT2D eigenvalue weighted by Gasteiger charge is -2.44. The third-order valence-electron chi connectivity index (χ3n) is 5.67. The van der Waals surface area contributed by atoms with Crippen LogP contribution in [-0.2, 0) is 9.53 Å². The second-order valence-electron chi connectivity index (χ2n) is 7.28. The molecule has 9 heteroatoms. The Morgan fingerprint density at radius 3 is 2.37 bits per heavy atom. The van der Waals surface area contributed by atoms with Crippen molar-refractivity contribution in [1.29, 1.82) is 0 Å². The van der Waals surface area contributed by atoms with Gasteiger partial charge in [-0.3, -0.25) is 14.5 Å². The van der Waals surface area contributed by atoms with E-state index in [0.29, 0.717) is 37.2 Å². The van der Waals surface area contributed by atoms with Crippen LogP contribution in [0.1, 0.15) is 33.8 Å². The van der Waals surface area contributed by atoms with Crippen LogP contribution in [0.15, 0.2) is 47.1 Å². The van der Waals surface area contributed by atoms with Crippen molar-refractivity contribution in [2.45, 2.75) is 24.6 Å². The first-order valence-corrected chi connectivity index (χ1v) is 9.62. The van der Waals surface area contributed by atoms with Crippen LogP contribution >= 0.6 is 0 Å². The largest absolute Gasteiger partial charge is 0.497 e. The van der Waals surface area contributed by atoms with E-state index in [2.05, 4.69) is 0 Å². The van der Waals surface area contributed by atoms with Gasteiger partial charge in [-0.25, -0.2) is 4.79 Å². The third kappa shape index (κ3) is 3.41. The number of hydrogen-bond donors (Lipinski definition) is 1. The van der Waals surface area contributed by atoms with E-state index in [1.165, 1.54) is 18.3 Å². The SMILES string of the molecule is COc1ccc(C(=O)N2[C@@H](C(=O)O)COC23CCN(C(=O)c2ccco2)CC3)cc1. The fourth-order valence-corrected chi connectivity index (χ4v) is 4.04. The van der Waals surface area contributed by atoms with Crippen LogP contribution in [0.5, 0.6) is 5.75 Å². The molecule has 30 heavy (non-hydrogen) atoms. The van der Waals surface area contributed by atoms with Gasteiger partial charge in [0.15, 0.2) is 11.8 Å². The molecule has 0 unspecified atom stereocenters. The predicted molar refractivity (Wildman–Crippen MR) is 103 cm³/mol. The molecule has 2 aromatic rings. The van der Waals surface area contributed by atoms with Gasteiger partial charge in [-0.2, -0.15) is 0 Å². The summed E-state index contributed by atoms with van der Waals surface area (Å²) in [6.07, 6.45) is 2.06. The summed E-state index contributed by atoms with van der Waals surface area (Å²) in [7, 11) is 1.53. The minimum absolute atomic E-state index is 0.0939. The number of carbonyl (C=O) groups excluding carboxylic acids is 2. The number of ether oxygens (including phenoxy) is 2. The minimum atomic E-state index is -1.12. The minimum Gasteiger partial charge on any atom is -0.497 e. The molecule has 0 saturated carbocycles. The molecule has 2 fully saturated rings. The summed E-state index contributed by atoms with van der Waals surface area (Å²) < 4.78 is 16.2. The second kappa shape index (κ2) is 7.83. The zero-order valence-electron chi connectivity index (χ0n) is 16.4. The number of likely N-dealkylation sites (tertiary alicyclic amines) is 1. The van der Waals surface area contributed by atoms with Crippen molar-refractivity contribution in [1.82, 2.24) is 9.80 Å². The van der Waals surface area contributed by atoms with Gasteiger partial charge in [0.1, 0.15) is 11.5 Å². The quantitative estimate of drug-likeness (QED) is 0.813. The summed E-state index contributed by atoms with van der Waals surface area (Å²) in [4.78, 5) is 40.6. The maximum absolute atomic E-state index is 13.3. The average Bonchev–Trinajstić information content (AvgIpc) is 3.42. The van der Waals surface area contributed by atoms with Gasteiger partial charge < -0.3 is 23.9 Å². The number of aliphatic carboxylic acids is 1. The molecule has 1 N–H and O–H groups in total. The Labute approximate surface area is 172 Å². The van der Waals surface area contributed by atoms with Gasteiger partial charge in [-0.15, -0.1) is 0 Å². The summed E-state index contributed by atoms with van der Waals surface area (Å²) in [5.41, 5.74) is -0.721. The van der Waals surface area contributed by atoms with Crippen LogP contribution in [-0.4, -0.2) is 71.3 Å². The number of hydrogen-bond acceptors (Lipinski definition) is 6. The van der Waals surface area contributed by atoms with Gasteiger partial charge in [0, 0.05) is 31.5 Å². The maximum atomic E-state index is 13.3. The molecule has 2 saturated heterocycles. The highest BCUT2D eigenvalue weighted by Gasteiger charge is 2.54. The highest BCUT2D eigenvalue weighted by atomic mass is 16.5. The Bertz CT molecular complexity index is 931. The molecule has 158 valence electrons. The van der Waals surface area contributed by atoms with Crippen molar-refractivity contribution in [2.24, 2.45) is 0 Å². The molecule has 0 bridgehead atoms. The van der Waals surface area contributed by atoms with Gasteiger partial charge in [-0.1, -0.05) is 0 Å². The molecule has 1 spiro atoms. The normalized spacial score (nSPS) is 20.4. The predicted octanol–water partition coefficient (Wildman–Crippen LogP) is 1.85. The fraction of sp³-hybridized carbons (Fsp3) is 0.381. The molecule has 2 aliphatic rings. The van der Waals surface area contributed by atoms with E-state index >= 15 is 0 Å². The summed E-state index contributed by atoms with van der Waals surface area (Å²) in [6.45, 7) is 0.542. The van der Waals surface area contributed by atoms with Gasteiger partial charge in [0.05, 0.1) is 20.0 Å². The van der Waals surface area contributed by atoms with Gasteiger partial charge in [0.25, 0.3) is 11.8 Å². The standard InChI is InChI=1S/C21H22N2O7/c1-28-15-6-4-14(5-7-15)18(24)23-16(20(26)27)13-30-21(23)8-10-22(11-9-21)19(25)17-3-2-12-29-17/h2-7,12,16H,8-11,13H2,1H3,(H,26,27)/t16-/m1/s1. The molecular formula is C21H22N2O7. The number of benzene rings is 1. The lowest BCUT2D eigenvalue weighted by Crippen LogP contribution is -2.58. The third-order valence-corrected chi connectivity index (χ3v) is 5.67. The Morgan fingerprint density at radius 2 is 1.80 bits per heavy atom. The molecule has 0 aliphatic carbocycles. The lowest BCUT2D eigenvalue weighted by molar-refractivity contribution is -0.143. The number of carbonyl (C=O) groups is 3. The topological polar surface area (TPSA) is 110 Å². The Morgan fingerprint density at radius 1 is 1.10 bits per heavy atom. The molecule has 2 aliphatic heterocycles. The summed E-state index contributed by atoms with van der Waals surface area (Å²) in [5, 5.41) is 9.67. The smallest absolute Gasteiger partial charge is 0.328 e. The van der Waals surface area contributed by atoms with Crippen molar-refractivity contribution in [2.75, 3.05) is 26.8 Å². The zero-order valence-corrected chi connectivity index (χ0v) is 16.4. The van der Waals surface area contributed by atoms with Crippen molar-refractivity contribution < 1.29 is 33.4 Å². The van der Waals surface area contributed by atoms with Crippen LogP contribution in [0.3, 0.4) is 0 Å². The van der Waals surface area contributed by atoms with Gasteiger partial charge in [-0.05, 0) is 36.4 Å². The monoisotopic (exact) mass is 414 g/mol. The molecule has 3 heterocycles. The lowest BCUT2D eigenvalue weighted by atomic mass is 9.96. The highest BCUT2D eigenvalue weighted by molar-refractivity contribution is 5.97. The van der Waals surface area contributed by atoms with Gasteiger partial charge >= 0.3 is 5.97 Å². The van der Waals surface area contributed by atoms with Crippen LogP contribution < -0.4 is 4.74 Å². The second-order valence-corrected chi connectivity index (χ2v) is 7.28. The number of methoxy groups -OCH3 is 1. The van der Waals surface area contributed by atoms with E-state index in [9.17, 15) is 19.5 Å².